The number of nitrogens with two attached hydrogens (primary N) is 1. The SMILES string of the molecule is NNC(=O)CC[C@@H](O)c1ccccc1. The van der Waals surface area contributed by atoms with E-state index in [1.165, 1.54) is 0 Å². The lowest BCUT2D eigenvalue weighted by molar-refractivity contribution is -0.121. The minimum Gasteiger partial charge on any atom is -0.388 e. The van der Waals surface area contributed by atoms with Crippen LogP contribution in [0.3, 0.4) is 0 Å². The standard InChI is InChI=1S/C10H14N2O2/c11-12-10(14)7-6-9(13)8-4-2-1-3-5-8/h1-5,9,13H,6-7,11H2,(H,12,14)/t9-/m1/s1. The highest BCUT2D eigenvalue weighted by Gasteiger charge is 2.08. The summed E-state index contributed by atoms with van der Waals surface area (Å²) in [4.78, 5) is 10.8. The van der Waals surface area contributed by atoms with Crippen molar-refractivity contribution >= 4 is 5.91 Å². The largest absolute Gasteiger partial charge is 0.388 e. The molecule has 0 saturated carbocycles. The molecular weight excluding hydrogens is 180 g/mol. The predicted molar refractivity (Wildman–Crippen MR) is 53.0 cm³/mol. The summed E-state index contributed by atoms with van der Waals surface area (Å²) in [7, 11) is 0. The number of aliphatic hydroxyl groups is 1. The Bertz CT molecular complexity index is 287. The first-order valence-electron chi connectivity index (χ1n) is 4.46. The number of carbonyl (C=O) groups excluding carboxylic acids is 1. The van der Waals surface area contributed by atoms with Crippen LogP contribution in [0.4, 0.5) is 0 Å². The summed E-state index contributed by atoms with van der Waals surface area (Å²) < 4.78 is 0. The van der Waals surface area contributed by atoms with Crippen LogP contribution < -0.4 is 11.3 Å². The maximum Gasteiger partial charge on any atom is 0.233 e. The first-order valence-corrected chi connectivity index (χ1v) is 4.46. The van der Waals surface area contributed by atoms with Crippen molar-refractivity contribution in [3.63, 3.8) is 0 Å². The van der Waals surface area contributed by atoms with E-state index < -0.39 is 6.10 Å². The molecule has 0 aliphatic rings. The number of aliphatic hydroxyl groups excluding tert-OH is 1. The summed E-state index contributed by atoms with van der Waals surface area (Å²) >= 11 is 0. The van der Waals surface area contributed by atoms with Gasteiger partial charge in [0.2, 0.25) is 5.91 Å². The van der Waals surface area contributed by atoms with Crippen molar-refractivity contribution in [2.24, 2.45) is 5.84 Å². The molecule has 0 unspecified atom stereocenters. The highest BCUT2D eigenvalue weighted by molar-refractivity contribution is 5.75. The molecule has 1 aromatic rings. The number of rotatable bonds is 4. The Morgan fingerprint density at radius 2 is 2.07 bits per heavy atom. The van der Waals surface area contributed by atoms with E-state index in [9.17, 15) is 9.90 Å². The third-order valence-corrected chi connectivity index (χ3v) is 1.99. The van der Waals surface area contributed by atoms with E-state index in [-0.39, 0.29) is 12.3 Å². The van der Waals surface area contributed by atoms with Crippen LogP contribution in [0.15, 0.2) is 30.3 Å². The number of nitrogens with one attached hydrogen (secondary N) is 1. The third-order valence-electron chi connectivity index (χ3n) is 1.99. The monoisotopic (exact) mass is 194 g/mol. The van der Waals surface area contributed by atoms with E-state index in [0.29, 0.717) is 6.42 Å². The zero-order valence-electron chi connectivity index (χ0n) is 7.81. The van der Waals surface area contributed by atoms with Gasteiger partial charge in [-0.15, -0.1) is 0 Å². The third kappa shape index (κ3) is 3.16. The fourth-order valence-electron chi connectivity index (χ4n) is 1.18. The summed E-state index contributed by atoms with van der Waals surface area (Å²) in [5.41, 5.74) is 2.84. The number of hydrogen-bond donors (Lipinski definition) is 3. The van der Waals surface area contributed by atoms with Gasteiger partial charge in [-0.05, 0) is 12.0 Å². The van der Waals surface area contributed by atoms with E-state index in [1.807, 2.05) is 35.8 Å². The van der Waals surface area contributed by atoms with Crippen LogP contribution >= 0.6 is 0 Å². The second kappa shape index (κ2) is 5.36. The van der Waals surface area contributed by atoms with Crippen molar-refractivity contribution in [2.75, 3.05) is 0 Å². The van der Waals surface area contributed by atoms with Crippen molar-refractivity contribution in [1.82, 2.24) is 5.43 Å². The Morgan fingerprint density at radius 1 is 1.43 bits per heavy atom. The highest BCUT2D eigenvalue weighted by Crippen LogP contribution is 2.17. The van der Waals surface area contributed by atoms with Gasteiger partial charge in [0, 0.05) is 6.42 Å². The minimum absolute atomic E-state index is 0.229. The van der Waals surface area contributed by atoms with E-state index in [4.69, 9.17) is 5.84 Å². The molecule has 0 aliphatic carbocycles. The van der Waals surface area contributed by atoms with Crippen LogP contribution in [0.2, 0.25) is 0 Å². The van der Waals surface area contributed by atoms with E-state index in [1.54, 1.807) is 0 Å². The zero-order chi connectivity index (χ0) is 10.4. The van der Waals surface area contributed by atoms with Crippen molar-refractivity contribution in [3.05, 3.63) is 35.9 Å². The number of carbonyl (C=O) groups is 1. The molecule has 0 aliphatic heterocycles. The van der Waals surface area contributed by atoms with Crippen LogP contribution in [0.5, 0.6) is 0 Å². The van der Waals surface area contributed by atoms with E-state index in [0.717, 1.165) is 5.56 Å². The molecule has 0 bridgehead atoms. The van der Waals surface area contributed by atoms with Crippen LogP contribution in [0, 0.1) is 0 Å². The highest BCUT2D eigenvalue weighted by atomic mass is 16.3. The normalized spacial score (nSPS) is 12.1. The predicted octanol–water partition coefficient (Wildman–Crippen LogP) is 0.490. The van der Waals surface area contributed by atoms with Crippen molar-refractivity contribution in [1.29, 1.82) is 0 Å². The molecule has 0 saturated heterocycles. The molecular formula is C10H14N2O2. The van der Waals surface area contributed by atoms with Gasteiger partial charge in [-0.1, -0.05) is 30.3 Å². The number of benzene rings is 1. The Kier molecular flexibility index (Phi) is 4.10. The molecule has 4 heteroatoms. The molecule has 1 rings (SSSR count). The molecule has 0 spiro atoms. The van der Waals surface area contributed by atoms with Crippen LogP contribution in [0.25, 0.3) is 0 Å². The van der Waals surface area contributed by atoms with Gasteiger partial charge in [0.05, 0.1) is 6.10 Å². The quantitative estimate of drug-likeness (QED) is 0.371. The van der Waals surface area contributed by atoms with Gasteiger partial charge in [-0.3, -0.25) is 10.2 Å². The maximum absolute atomic E-state index is 10.8. The first kappa shape index (κ1) is 10.7. The van der Waals surface area contributed by atoms with Gasteiger partial charge in [0.25, 0.3) is 0 Å². The average molecular weight is 194 g/mol. The fourth-order valence-corrected chi connectivity index (χ4v) is 1.18. The van der Waals surface area contributed by atoms with E-state index in [2.05, 4.69) is 0 Å². The zero-order valence-corrected chi connectivity index (χ0v) is 7.81. The number of hydrazine groups is 1. The molecule has 1 amide bonds. The number of hydrogen-bond acceptors (Lipinski definition) is 3. The Balaban J connectivity index is 2.43. The smallest absolute Gasteiger partial charge is 0.233 e. The summed E-state index contributed by atoms with van der Waals surface area (Å²) in [5.74, 6) is 4.65. The van der Waals surface area contributed by atoms with Gasteiger partial charge < -0.3 is 5.11 Å². The van der Waals surface area contributed by atoms with Crippen molar-refractivity contribution in [3.8, 4) is 0 Å². The summed E-state index contributed by atoms with van der Waals surface area (Å²) in [6, 6.07) is 9.22. The summed E-state index contributed by atoms with van der Waals surface area (Å²) in [6.45, 7) is 0. The summed E-state index contributed by atoms with van der Waals surface area (Å²) in [6.07, 6.45) is 0.00748. The Morgan fingerprint density at radius 3 is 2.64 bits per heavy atom. The molecule has 0 fully saturated rings. The second-order valence-corrected chi connectivity index (χ2v) is 3.03. The molecule has 0 radical (unpaired) electrons. The molecule has 4 N–H and O–H groups in total. The van der Waals surface area contributed by atoms with Gasteiger partial charge in [0.15, 0.2) is 0 Å². The molecule has 0 heterocycles. The topological polar surface area (TPSA) is 75.3 Å². The molecule has 14 heavy (non-hydrogen) atoms. The van der Waals surface area contributed by atoms with Gasteiger partial charge in [-0.2, -0.15) is 0 Å². The second-order valence-electron chi connectivity index (χ2n) is 3.03. The Hall–Kier alpha value is -1.39. The Labute approximate surface area is 82.7 Å². The fraction of sp³-hybridized carbons (Fsp3) is 0.300. The van der Waals surface area contributed by atoms with E-state index >= 15 is 0 Å². The maximum atomic E-state index is 10.8. The van der Waals surface area contributed by atoms with Crippen LogP contribution in [-0.4, -0.2) is 11.0 Å². The van der Waals surface area contributed by atoms with Gasteiger partial charge in [-0.25, -0.2) is 5.84 Å². The van der Waals surface area contributed by atoms with Crippen LogP contribution in [0.1, 0.15) is 24.5 Å². The molecule has 1 aromatic carbocycles. The molecule has 76 valence electrons. The lowest BCUT2D eigenvalue weighted by atomic mass is 10.1. The van der Waals surface area contributed by atoms with Gasteiger partial charge >= 0.3 is 0 Å². The van der Waals surface area contributed by atoms with Crippen LogP contribution in [-0.2, 0) is 4.79 Å². The lowest BCUT2D eigenvalue weighted by Crippen LogP contribution is -2.30. The van der Waals surface area contributed by atoms with Crippen molar-refractivity contribution in [2.45, 2.75) is 18.9 Å². The van der Waals surface area contributed by atoms with Crippen molar-refractivity contribution < 1.29 is 9.90 Å². The van der Waals surface area contributed by atoms with Gasteiger partial charge in [0.1, 0.15) is 0 Å². The molecule has 1 atom stereocenters. The first-order chi connectivity index (χ1) is 6.74. The number of amides is 1. The summed E-state index contributed by atoms with van der Waals surface area (Å²) in [5, 5.41) is 9.64. The minimum atomic E-state index is -0.603. The lowest BCUT2D eigenvalue weighted by Gasteiger charge is -2.09. The average Bonchev–Trinajstić information content (AvgIpc) is 2.26. The molecule has 0 aromatic heterocycles. The molecule has 4 nitrogen and oxygen atoms in total.